The van der Waals surface area contributed by atoms with E-state index in [0.29, 0.717) is 17.8 Å². The van der Waals surface area contributed by atoms with Crippen LogP contribution in [0.3, 0.4) is 0 Å². The summed E-state index contributed by atoms with van der Waals surface area (Å²) in [6.07, 6.45) is -1.03. The van der Waals surface area contributed by atoms with Crippen molar-refractivity contribution in [1.29, 1.82) is 0 Å². The van der Waals surface area contributed by atoms with E-state index in [4.69, 9.17) is 0 Å². The van der Waals surface area contributed by atoms with Crippen LogP contribution in [-0.4, -0.2) is 16.3 Å². The smallest absolute Gasteiger partial charge is 0.280 e. The third-order valence-corrected chi connectivity index (χ3v) is 3.24. The van der Waals surface area contributed by atoms with Gasteiger partial charge in [0, 0.05) is 12.1 Å². The predicted molar refractivity (Wildman–Crippen MR) is 75.4 cm³/mol. The highest BCUT2D eigenvalue weighted by Gasteiger charge is 2.21. The van der Waals surface area contributed by atoms with E-state index in [1.807, 2.05) is 39.0 Å². The highest BCUT2D eigenvalue weighted by molar-refractivity contribution is 5.44. The largest absolute Gasteiger partial charge is 0.313 e. The molecule has 0 unspecified atom stereocenters. The maximum atomic E-state index is 13.4. The van der Waals surface area contributed by atoms with Gasteiger partial charge < -0.3 is 5.32 Å². The molecule has 0 saturated carbocycles. The second-order valence-corrected chi connectivity index (χ2v) is 4.84. The van der Waals surface area contributed by atoms with Crippen LogP contribution in [0.25, 0.3) is 5.69 Å². The standard InChI is InChI=1S/C15H19F2N3/c1-4-18-8-12-9-19-20(14(12)15(16)17)13-6-5-10(2)7-11(13)3/h5-7,9,15,18H,4,8H2,1-3H3. The molecule has 0 atom stereocenters. The van der Waals surface area contributed by atoms with E-state index >= 15 is 0 Å². The summed E-state index contributed by atoms with van der Waals surface area (Å²) in [6.45, 7) is 6.96. The lowest BCUT2D eigenvalue weighted by molar-refractivity contribution is 0.141. The number of hydrogen-bond acceptors (Lipinski definition) is 2. The molecule has 0 aliphatic carbocycles. The number of rotatable bonds is 5. The molecule has 20 heavy (non-hydrogen) atoms. The molecule has 0 radical (unpaired) electrons. The molecule has 108 valence electrons. The zero-order valence-corrected chi connectivity index (χ0v) is 12.0. The fraction of sp³-hybridized carbons (Fsp3) is 0.400. The summed E-state index contributed by atoms with van der Waals surface area (Å²) < 4.78 is 28.1. The number of alkyl halides is 2. The fourth-order valence-corrected chi connectivity index (χ4v) is 2.26. The Morgan fingerprint density at radius 1 is 1.30 bits per heavy atom. The first-order valence-electron chi connectivity index (χ1n) is 6.67. The van der Waals surface area contributed by atoms with E-state index in [1.54, 1.807) is 0 Å². The van der Waals surface area contributed by atoms with Crippen molar-refractivity contribution in [2.75, 3.05) is 6.54 Å². The third kappa shape index (κ3) is 2.88. The maximum Gasteiger partial charge on any atom is 0.280 e. The number of aryl methyl sites for hydroxylation is 2. The van der Waals surface area contributed by atoms with Crippen molar-refractivity contribution in [3.63, 3.8) is 0 Å². The molecule has 0 aliphatic rings. The lowest BCUT2D eigenvalue weighted by atomic mass is 10.1. The molecule has 0 spiro atoms. The summed E-state index contributed by atoms with van der Waals surface area (Å²) in [6, 6.07) is 5.71. The van der Waals surface area contributed by atoms with Crippen LogP contribution in [0.1, 0.15) is 35.7 Å². The highest BCUT2D eigenvalue weighted by Crippen LogP contribution is 2.27. The zero-order valence-electron chi connectivity index (χ0n) is 12.0. The topological polar surface area (TPSA) is 29.9 Å². The fourth-order valence-electron chi connectivity index (χ4n) is 2.26. The van der Waals surface area contributed by atoms with Gasteiger partial charge in [-0.2, -0.15) is 5.10 Å². The first-order valence-corrected chi connectivity index (χ1v) is 6.67. The SMILES string of the molecule is CCNCc1cnn(-c2ccc(C)cc2C)c1C(F)F. The minimum Gasteiger partial charge on any atom is -0.313 e. The van der Waals surface area contributed by atoms with Crippen molar-refractivity contribution < 1.29 is 8.78 Å². The van der Waals surface area contributed by atoms with Crippen molar-refractivity contribution in [3.05, 3.63) is 46.8 Å². The zero-order chi connectivity index (χ0) is 14.7. The molecule has 0 saturated heterocycles. The summed E-state index contributed by atoms with van der Waals surface area (Å²) in [5.74, 6) is 0. The van der Waals surface area contributed by atoms with Gasteiger partial charge in [-0.25, -0.2) is 13.5 Å². The van der Waals surface area contributed by atoms with Crippen molar-refractivity contribution in [2.45, 2.75) is 33.7 Å². The molecule has 5 heteroatoms. The Kier molecular flexibility index (Phi) is 4.49. The van der Waals surface area contributed by atoms with Gasteiger partial charge in [0.25, 0.3) is 6.43 Å². The minimum atomic E-state index is -2.55. The van der Waals surface area contributed by atoms with Crippen LogP contribution in [0.15, 0.2) is 24.4 Å². The van der Waals surface area contributed by atoms with Gasteiger partial charge in [-0.1, -0.05) is 24.6 Å². The number of nitrogens with zero attached hydrogens (tertiary/aromatic N) is 2. The van der Waals surface area contributed by atoms with Gasteiger partial charge in [-0.15, -0.1) is 0 Å². The van der Waals surface area contributed by atoms with Gasteiger partial charge in [0.2, 0.25) is 0 Å². The number of halogens is 2. The molecule has 1 N–H and O–H groups in total. The summed E-state index contributed by atoms with van der Waals surface area (Å²) in [5, 5.41) is 7.21. The molecule has 2 aromatic rings. The van der Waals surface area contributed by atoms with Crippen LogP contribution in [0.2, 0.25) is 0 Å². The van der Waals surface area contributed by atoms with Crippen molar-refractivity contribution >= 4 is 0 Å². The van der Waals surface area contributed by atoms with Crippen molar-refractivity contribution in [1.82, 2.24) is 15.1 Å². The maximum absolute atomic E-state index is 13.4. The molecular formula is C15H19F2N3. The average molecular weight is 279 g/mol. The molecular weight excluding hydrogens is 260 g/mol. The molecule has 0 amide bonds. The van der Waals surface area contributed by atoms with E-state index in [9.17, 15) is 8.78 Å². The Labute approximate surface area is 117 Å². The van der Waals surface area contributed by atoms with Gasteiger partial charge in [-0.3, -0.25) is 0 Å². The van der Waals surface area contributed by atoms with Gasteiger partial charge >= 0.3 is 0 Å². The number of aromatic nitrogens is 2. The van der Waals surface area contributed by atoms with Crippen molar-refractivity contribution in [3.8, 4) is 5.69 Å². The molecule has 3 nitrogen and oxygen atoms in total. The van der Waals surface area contributed by atoms with E-state index < -0.39 is 6.43 Å². The summed E-state index contributed by atoms with van der Waals surface area (Å²) in [5.41, 5.74) is 3.25. The predicted octanol–water partition coefficient (Wildman–Crippen LogP) is 3.54. The van der Waals surface area contributed by atoms with E-state index in [1.165, 1.54) is 10.9 Å². The minimum absolute atomic E-state index is 0.0297. The second kappa shape index (κ2) is 6.13. The lowest BCUT2D eigenvalue weighted by Crippen LogP contribution is -2.14. The van der Waals surface area contributed by atoms with Crippen molar-refractivity contribution in [2.24, 2.45) is 0 Å². The third-order valence-electron chi connectivity index (χ3n) is 3.24. The normalized spacial score (nSPS) is 11.3. The number of hydrogen-bond donors (Lipinski definition) is 1. The molecule has 1 heterocycles. The Hall–Kier alpha value is -1.75. The van der Waals surface area contributed by atoms with Gasteiger partial charge in [-0.05, 0) is 32.0 Å². The van der Waals surface area contributed by atoms with Gasteiger partial charge in [0.05, 0.1) is 11.9 Å². The first-order chi connectivity index (χ1) is 9.54. The van der Waals surface area contributed by atoms with Crippen LogP contribution in [0, 0.1) is 13.8 Å². The van der Waals surface area contributed by atoms with E-state index in [2.05, 4.69) is 10.4 Å². The highest BCUT2D eigenvalue weighted by atomic mass is 19.3. The first kappa shape index (κ1) is 14.7. The molecule has 1 aromatic carbocycles. The monoisotopic (exact) mass is 279 g/mol. The molecule has 1 aromatic heterocycles. The molecule has 0 aliphatic heterocycles. The van der Waals surface area contributed by atoms with Crippen LogP contribution < -0.4 is 5.32 Å². The molecule has 2 rings (SSSR count). The van der Waals surface area contributed by atoms with Crippen LogP contribution in [0.4, 0.5) is 8.78 Å². The van der Waals surface area contributed by atoms with Gasteiger partial charge in [0.15, 0.2) is 0 Å². The Balaban J connectivity index is 2.48. The summed E-state index contributed by atoms with van der Waals surface area (Å²) in [4.78, 5) is 0. The Morgan fingerprint density at radius 3 is 2.65 bits per heavy atom. The van der Waals surface area contributed by atoms with Crippen LogP contribution in [0.5, 0.6) is 0 Å². The summed E-state index contributed by atoms with van der Waals surface area (Å²) >= 11 is 0. The van der Waals surface area contributed by atoms with E-state index in [-0.39, 0.29) is 5.69 Å². The number of benzene rings is 1. The Morgan fingerprint density at radius 2 is 2.05 bits per heavy atom. The average Bonchev–Trinajstić information content (AvgIpc) is 2.80. The van der Waals surface area contributed by atoms with Crippen LogP contribution >= 0.6 is 0 Å². The molecule has 0 fully saturated rings. The lowest BCUT2D eigenvalue weighted by Gasteiger charge is -2.12. The Bertz CT molecular complexity index is 591. The van der Waals surface area contributed by atoms with E-state index in [0.717, 1.165) is 17.7 Å². The van der Waals surface area contributed by atoms with Gasteiger partial charge in [0.1, 0.15) is 5.69 Å². The molecule has 0 bridgehead atoms. The second-order valence-electron chi connectivity index (χ2n) is 4.84. The van der Waals surface area contributed by atoms with Crippen LogP contribution in [-0.2, 0) is 6.54 Å². The quantitative estimate of drug-likeness (QED) is 0.907. The number of nitrogens with one attached hydrogen (secondary N) is 1. The summed E-state index contributed by atoms with van der Waals surface area (Å²) in [7, 11) is 0.